The van der Waals surface area contributed by atoms with Gasteiger partial charge in [-0.15, -0.1) is 0 Å². The van der Waals surface area contributed by atoms with Crippen LogP contribution in [-0.2, 0) is 11.3 Å². The first-order chi connectivity index (χ1) is 14.3. The van der Waals surface area contributed by atoms with Crippen molar-refractivity contribution in [2.75, 3.05) is 0 Å². The Labute approximate surface area is 170 Å². The Morgan fingerprint density at radius 1 is 0.897 bits per heavy atom. The van der Waals surface area contributed by atoms with E-state index in [2.05, 4.69) is 15.4 Å². The predicted molar refractivity (Wildman–Crippen MR) is 113 cm³/mol. The number of nitrogens with zero attached hydrogens (tertiary/aromatic N) is 3. The number of aromatic nitrogens is 3. The third kappa shape index (κ3) is 4.58. The van der Waals surface area contributed by atoms with Gasteiger partial charge in [-0.2, -0.15) is 5.10 Å². The second kappa shape index (κ2) is 8.97. The van der Waals surface area contributed by atoms with Crippen LogP contribution in [0.15, 0.2) is 97.5 Å². The zero-order valence-electron chi connectivity index (χ0n) is 16.0. The lowest BCUT2D eigenvalue weighted by Gasteiger charge is -2.17. The summed E-state index contributed by atoms with van der Waals surface area (Å²) < 4.78 is 1.81. The standard InChI is InChI=1S/C24H22N4O/c29-24(26-18-20-11-4-5-13-23(20)28-16-8-15-27-28)17-21(19-9-2-1-3-10-19)22-12-6-7-14-25-22/h1-16,21H,17-18H2,(H,26,29)/t21-/m0/s1. The van der Waals surface area contributed by atoms with Crippen LogP contribution in [0.1, 0.15) is 29.2 Å². The fourth-order valence-electron chi connectivity index (χ4n) is 3.41. The van der Waals surface area contributed by atoms with Crippen molar-refractivity contribution in [3.05, 3.63) is 114 Å². The average molecular weight is 382 g/mol. The van der Waals surface area contributed by atoms with E-state index < -0.39 is 0 Å². The summed E-state index contributed by atoms with van der Waals surface area (Å²) in [6.07, 6.45) is 5.74. The summed E-state index contributed by atoms with van der Waals surface area (Å²) in [5.41, 5.74) is 3.95. The summed E-state index contributed by atoms with van der Waals surface area (Å²) in [6, 6.07) is 25.7. The lowest BCUT2D eigenvalue weighted by atomic mass is 9.91. The van der Waals surface area contributed by atoms with Crippen LogP contribution >= 0.6 is 0 Å². The highest BCUT2D eigenvalue weighted by atomic mass is 16.1. The Bertz CT molecular complexity index is 1010. The number of pyridine rings is 1. The number of para-hydroxylation sites is 1. The SMILES string of the molecule is O=C(C[C@@H](c1ccccc1)c1ccccn1)NCc1ccccc1-n1cccn1. The van der Waals surface area contributed by atoms with Crippen molar-refractivity contribution < 1.29 is 4.79 Å². The number of hydrogen-bond acceptors (Lipinski definition) is 3. The third-order valence-corrected chi connectivity index (χ3v) is 4.86. The van der Waals surface area contributed by atoms with E-state index in [9.17, 15) is 4.79 Å². The summed E-state index contributed by atoms with van der Waals surface area (Å²) in [4.78, 5) is 17.3. The first kappa shape index (κ1) is 18.6. The maximum atomic E-state index is 12.8. The number of benzene rings is 2. The Morgan fingerprint density at radius 3 is 2.45 bits per heavy atom. The minimum Gasteiger partial charge on any atom is -0.352 e. The number of carbonyl (C=O) groups excluding carboxylic acids is 1. The Balaban J connectivity index is 1.49. The van der Waals surface area contributed by atoms with Crippen molar-refractivity contribution in [1.29, 1.82) is 0 Å². The van der Waals surface area contributed by atoms with Crippen molar-refractivity contribution in [2.24, 2.45) is 0 Å². The normalized spacial score (nSPS) is 11.7. The minimum atomic E-state index is -0.0845. The van der Waals surface area contributed by atoms with Crippen LogP contribution in [0.5, 0.6) is 0 Å². The molecule has 0 aliphatic carbocycles. The smallest absolute Gasteiger partial charge is 0.221 e. The molecule has 144 valence electrons. The summed E-state index contributed by atoms with van der Waals surface area (Å²) in [7, 11) is 0. The Hall–Kier alpha value is -3.73. The quantitative estimate of drug-likeness (QED) is 0.523. The summed E-state index contributed by atoms with van der Waals surface area (Å²) >= 11 is 0. The fraction of sp³-hybridized carbons (Fsp3) is 0.125. The molecule has 2 aromatic heterocycles. The second-order valence-electron chi connectivity index (χ2n) is 6.78. The zero-order chi connectivity index (χ0) is 19.9. The highest BCUT2D eigenvalue weighted by Gasteiger charge is 2.19. The van der Waals surface area contributed by atoms with Crippen LogP contribution < -0.4 is 5.32 Å². The molecule has 0 bridgehead atoms. The van der Waals surface area contributed by atoms with E-state index in [1.165, 1.54) is 0 Å². The van der Waals surface area contributed by atoms with Crippen LogP contribution in [0.2, 0.25) is 0 Å². The van der Waals surface area contributed by atoms with E-state index in [0.717, 1.165) is 22.5 Å². The molecular formula is C24H22N4O. The van der Waals surface area contributed by atoms with Crippen LogP contribution in [0.3, 0.4) is 0 Å². The number of hydrogen-bond donors (Lipinski definition) is 1. The molecule has 5 nitrogen and oxygen atoms in total. The first-order valence-corrected chi connectivity index (χ1v) is 9.62. The summed E-state index contributed by atoms with van der Waals surface area (Å²) in [5.74, 6) is -0.0986. The molecule has 0 fully saturated rings. The molecule has 5 heteroatoms. The highest BCUT2D eigenvalue weighted by molar-refractivity contribution is 5.77. The van der Waals surface area contributed by atoms with Crippen LogP contribution in [0.4, 0.5) is 0 Å². The van der Waals surface area contributed by atoms with Crippen molar-refractivity contribution in [2.45, 2.75) is 18.9 Å². The van der Waals surface area contributed by atoms with Gasteiger partial charge in [0.1, 0.15) is 0 Å². The number of nitrogens with one attached hydrogen (secondary N) is 1. The van der Waals surface area contributed by atoms with Crippen molar-refractivity contribution >= 4 is 5.91 Å². The molecule has 0 saturated heterocycles. The van der Waals surface area contributed by atoms with Crippen LogP contribution in [-0.4, -0.2) is 20.7 Å². The number of amides is 1. The third-order valence-electron chi connectivity index (χ3n) is 4.86. The molecule has 0 saturated carbocycles. The Morgan fingerprint density at radius 2 is 1.69 bits per heavy atom. The van der Waals surface area contributed by atoms with Crippen molar-refractivity contribution in [1.82, 2.24) is 20.1 Å². The molecule has 0 radical (unpaired) electrons. The predicted octanol–water partition coefficient (Wildman–Crippen LogP) is 4.11. The van der Waals surface area contributed by atoms with E-state index in [0.29, 0.717) is 13.0 Å². The molecule has 4 aromatic rings. The molecule has 2 heterocycles. The lowest BCUT2D eigenvalue weighted by Crippen LogP contribution is -2.25. The molecule has 0 spiro atoms. The van der Waals surface area contributed by atoms with Crippen LogP contribution in [0, 0.1) is 0 Å². The van der Waals surface area contributed by atoms with Gasteiger partial charge >= 0.3 is 0 Å². The molecule has 2 aromatic carbocycles. The van der Waals surface area contributed by atoms with Gasteiger partial charge < -0.3 is 5.32 Å². The largest absolute Gasteiger partial charge is 0.352 e. The van der Waals surface area contributed by atoms with Gasteiger partial charge in [0.25, 0.3) is 0 Å². The zero-order valence-corrected chi connectivity index (χ0v) is 16.0. The monoisotopic (exact) mass is 382 g/mol. The molecule has 29 heavy (non-hydrogen) atoms. The highest BCUT2D eigenvalue weighted by Crippen LogP contribution is 2.26. The van der Waals surface area contributed by atoms with E-state index in [1.54, 1.807) is 12.4 Å². The molecular weight excluding hydrogens is 360 g/mol. The molecule has 1 amide bonds. The average Bonchev–Trinajstić information content (AvgIpc) is 3.32. The number of rotatable bonds is 7. The minimum absolute atomic E-state index is 0.0141. The second-order valence-corrected chi connectivity index (χ2v) is 6.78. The van der Waals surface area contributed by atoms with Gasteiger partial charge in [0.15, 0.2) is 0 Å². The molecule has 4 rings (SSSR count). The summed E-state index contributed by atoms with van der Waals surface area (Å²) in [5, 5.41) is 7.36. The number of carbonyl (C=O) groups is 1. The summed E-state index contributed by atoms with van der Waals surface area (Å²) in [6.45, 7) is 0.443. The van der Waals surface area contributed by atoms with Gasteiger partial charge in [0, 0.05) is 43.2 Å². The molecule has 1 N–H and O–H groups in total. The molecule has 0 aliphatic heterocycles. The first-order valence-electron chi connectivity index (χ1n) is 9.62. The maximum Gasteiger partial charge on any atom is 0.221 e. The molecule has 1 atom stereocenters. The van der Waals surface area contributed by atoms with Gasteiger partial charge in [-0.1, -0.05) is 54.6 Å². The van der Waals surface area contributed by atoms with Gasteiger partial charge in [0.05, 0.1) is 5.69 Å². The van der Waals surface area contributed by atoms with Gasteiger partial charge in [-0.05, 0) is 35.4 Å². The van der Waals surface area contributed by atoms with E-state index in [1.807, 2.05) is 89.7 Å². The lowest BCUT2D eigenvalue weighted by molar-refractivity contribution is -0.121. The van der Waals surface area contributed by atoms with E-state index in [-0.39, 0.29) is 11.8 Å². The Kier molecular flexibility index (Phi) is 5.76. The van der Waals surface area contributed by atoms with Crippen LogP contribution in [0.25, 0.3) is 5.69 Å². The topological polar surface area (TPSA) is 59.8 Å². The van der Waals surface area contributed by atoms with Gasteiger partial charge in [-0.25, -0.2) is 4.68 Å². The van der Waals surface area contributed by atoms with Crippen molar-refractivity contribution in [3.63, 3.8) is 0 Å². The van der Waals surface area contributed by atoms with Gasteiger partial charge in [0.2, 0.25) is 5.91 Å². The molecule has 0 unspecified atom stereocenters. The molecule has 0 aliphatic rings. The van der Waals surface area contributed by atoms with Crippen molar-refractivity contribution in [3.8, 4) is 5.69 Å². The maximum absolute atomic E-state index is 12.8. The van der Waals surface area contributed by atoms with E-state index >= 15 is 0 Å². The van der Waals surface area contributed by atoms with E-state index in [4.69, 9.17) is 0 Å². The van der Waals surface area contributed by atoms with Gasteiger partial charge in [-0.3, -0.25) is 9.78 Å². The fourth-order valence-corrected chi connectivity index (χ4v) is 3.41.